The molecule has 2 heterocycles. The van der Waals surface area contributed by atoms with Gasteiger partial charge >= 0.3 is 0 Å². The predicted octanol–water partition coefficient (Wildman–Crippen LogP) is 4.68. The van der Waals surface area contributed by atoms with Crippen molar-refractivity contribution in [3.8, 4) is 11.3 Å². The van der Waals surface area contributed by atoms with Crippen LogP contribution in [0.15, 0.2) is 64.6 Å². The summed E-state index contributed by atoms with van der Waals surface area (Å²) < 4.78 is 5.72. The molecule has 0 saturated carbocycles. The topological polar surface area (TPSA) is 38.9 Å². The average molecular weight is 303 g/mol. The van der Waals surface area contributed by atoms with Crippen LogP contribution in [0.25, 0.3) is 11.3 Å². The van der Waals surface area contributed by atoms with E-state index in [2.05, 4.69) is 9.97 Å². The first-order valence-corrected chi connectivity index (χ1v) is 7.41. The molecule has 0 saturated heterocycles. The molecular weight excluding hydrogens is 292 g/mol. The summed E-state index contributed by atoms with van der Waals surface area (Å²) in [6, 6.07) is 11.5. The van der Waals surface area contributed by atoms with Crippen LogP contribution in [0, 0.1) is 0 Å². The van der Waals surface area contributed by atoms with E-state index in [9.17, 15) is 0 Å². The molecule has 2 aromatic heterocycles. The van der Waals surface area contributed by atoms with Crippen molar-refractivity contribution in [1.29, 1.82) is 0 Å². The second kappa shape index (κ2) is 6.11. The maximum atomic E-state index is 5.87. The zero-order valence-corrected chi connectivity index (χ0v) is 12.1. The summed E-state index contributed by atoms with van der Waals surface area (Å²) >= 11 is 7.41. The maximum Gasteiger partial charge on any atom is 0.256 e. The minimum Gasteiger partial charge on any atom is -0.431 e. The molecule has 20 heavy (non-hydrogen) atoms. The molecule has 1 aromatic carbocycles. The molecule has 0 bridgehead atoms. The number of benzene rings is 1. The van der Waals surface area contributed by atoms with Gasteiger partial charge in [-0.1, -0.05) is 29.4 Å². The Hall–Kier alpha value is -1.78. The fraction of sp³-hybridized carbons (Fsp3) is 0.0667. The summed E-state index contributed by atoms with van der Waals surface area (Å²) in [4.78, 5) is 8.35. The minimum atomic E-state index is 0.652. The molecule has 0 aliphatic rings. The second-order valence-electron chi connectivity index (χ2n) is 4.15. The number of halogens is 1. The van der Waals surface area contributed by atoms with Crippen molar-refractivity contribution in [1.82, 2.24) is 9.97 Å². The monoisotopic (exact) mass is 302 g/mol. The number of pyridine rings is 1. The van der Waals surface area contributed by atoms with Gasteiger partial charge in [-0.2, -0.15) is 0 Å². The number of thioether (sulfide) groups is 1. The first-order chi connectivity index (χ1) is 9.81. The Morgan fingerprint density at radius 1 is 1.10 bits per heavy atom. The van der Waals surface area contributed by atoms with E-state index in [1.165, 1.54) is 0 Å². The lowest BCUT2D eigenvalue weighted by molar-refractivity contribution is 0.466. The molecule has 100 valence electrons. The van der Waals surface area contributed by atoms with Crippen LogP contribution in [0.2, 0.25) is 5.02 Å². The Bertz CT molecular complexity index is 683. The summed E-state index contributed by atoms with van der Waals surface area (Å²) in [7, 11) is 0. The molecular formula is C15H11ClN2OS. The third-order valence-corrected chi connectivity index (χ3v) is 3.86. The molecule has 0 amide bonds. The molecule has 0 N–H and O–H groups in total. The number of oxazole rings is 1. The van der Waals surface area contributed by atoms with E-state index in [0.717, 1.165) is 22.6 Å². The normalized spacial score (nSPS) is 10.7. The lowest BCUT2D eigenvalue weighted by Crippen LogP contribution is -1.81. The van der Waals surface area contributed by atoms with Gasteiger partial charge in [0, 0.05) is 28.7 Å². The van der Waals surface area contributed by atoms with Gasteiger partial charge in [0.15, 0.2) is 5.76 Å². The van der Waals surface area contributed by atoms with Crippen LogP contribution in [0.4, 0.5) is 0 Å². The van der Waals surface area contributed by atoms with Crippen LogP contribution < -0.4 is 0 Å². The summed E-state index contributed by atoms with van der Waals surface area (Å²) in [5, 5.41) is 1.36. The molecule has 0 fully saturated rings. The van der Waals surface area contributed by atoms with Gasteiger partial charge in [-0.3, -0.25) is 4.98 Å². The molecule has 3 aromatic rings. The average Bonchev–Trinajstić information content (AvgIpc) is 2.96. The van der Waals surface area contributed by atoms with E-state index in [0.29, 0.717) is 10.2 Å². The molecule has 0 aliphatic carbocycles. The highest BCUT2D eigenvalue weighted by Gasteiger charge is 2.07. The van der Waals surface area contributed by atoms with Crippen molar-refractivity contribution in [3.05, 3.63) is 65.6 Å². The maximum absolute atomic E-state index is 5.87. The van der Waals surface area contributed by atoms with Gasteiger partial charge in [0.05, 0.1) is 6.20 Å². The number of rotatable bonds is 4. The van der Waals surface area contributed by atoms with Crippen LogP contribution in [0.3, 0.4) is 0 Å². The van der Waals surface area contributed by atoms with Crippen molar-refractivity contribution in [3.63, 3.8) is 0 Å². The zero-order chi connectivity index (χ0) is 13.8. The molecule has 0 atom stereocenters. The largest absolute Gasteiger partial charge is 0.431 e. The molecule has 0 spiro atoms. The first-order valence-electron chi connectivity index (χ1n) is 6.05. The highest BCUT2D eigenvalue weighted by Crippen LogP contribution is 2.27. The highest BCUT2D eigenvalue weighted by atomic mass is 35.5. The Morgan fingerprint density at radius 2 is 1.95 bits per heavy atom. The van der Waals surface area contributed by atoms with E-state index in [1.807, 2.05) is 42.6 Å². The lowest BCUT2D eigenvalue weighted by Gasteiger charge is -1.97. The van der Waals surface area contributed by atoms with Crippen LogP contribution in [0.5, 0.6) is 0 Å². The summed E-state index contributed by atoms with van der Waals surface area (Å²) in [5.74, 6) is 1.53. The second-order valence-corrected chi connectivity index (χ2v) is 5.51. The molecule has 5 heteroatoms. The van der Waals surface area contributed by atoms with Crippen molar-refractivity contribution in [2.24, 2.45) is 0 Å². The van der Waals surface area contributed by atoms with Gasteiger partial charge in [0.1, 0.15) is 0 Å². The van der Waals surface area contributed by atoms with Crippen molar-refractivity contribution >= 4 is 23.4 Å². The number of hydrogen-bond donors (Lipinski definition) is 0. The number of nitrogens with zero attached hydrogens (tertiary/aromatic N) is 2. The fourth-order valence-corrected chi connectivity index (χ4v) is 2.56. The van der Waals surface area contributed by atoms with Crippen molar-refractivity contribution < 1.29 is 4.42 Å². The van der Waals surface area contributed by atoms with Gasteiger partial charge in [0.2, 0.25) is 0 Å². The summed E-state index contributed by atoms with van der Waals surface area (Å²) in [6.45, 7) is 0. The summed E-state index contributed by atoms with van der Waals surface area (Å²) in [5.41, 5.74) is 2.11. The Kier molecular flexibility index (Phi) is 4.04. The van der Waals surface area contributed by atoms with E-state index in [4.69, 9.17) is 16.0 Å². The number of hydrogen-bond acceptors (Lipinski definition) is 4. The quantitative estimate of drug-likeness (QED) is 0.656. The highest BCUT2D eigenvalue weighted by molar-refractivity contribution is 7.98. The Balaban J connectivity index is 1.69. The Labute approximate surface area is 126 Å². The van der Waals surface area contributed by atoms with E-state index < -0.39 is 0 Å². The molecule has 0 aliphatic heterocycles. The molecule has 0 unspecified atom stereocenters. The van der Waals surface area contributed by atoms with Gasteiger partial charge in [-0.15, -0.1) is 0 Å². The molecule has 3 rings (SSSR count). The van der Waals surface area contributed by atoms with E-state index in [-0.39, 0.29) is 0 Å². The van der Waals surface area contributed by atoms with Crippen molar-refractivity contribution in [2.45, 2.75) is 11.0 Å². The first kappa shape index (κ1) is 13.2. The standard InChI is InChI=1S/C15H11ClN2OS/c16-13-5-3-12(4-6-13)14-9-18-15(19-14)20-10-11-2-1-7-17-8-11/h1-9H,10H2. The van der Waals surface area contributed by atoms with Crippen molar-refractivity contribution in [2.75, 3.05) is 0 Å². The van der Waals surface area contributed by atoms with Gasteiger partial charge in [-0.25, -0.2) is 4.98 Å². The minimum absolute atomic E-state index is 0.652. The van der Waals surface area contributed by atoms with Crippen LogP contribution in [-0.4, -0.2) is 9.97 Å². The van der Waals surface area contributed by atoms with E-state index >= 15 is 0 Å². The SMILES string of the molecule is Clc1ccc(-c2cnc(SCc3cccnc3)o2)cc1. The van der Waals surface area contributed by atoms with Gasteiger partial charge in [-0.05, 0) is 35.9 Å². The summed E-state index contributed by atoms with van der Waals surface area (Å²) in [6.07, 6.45) is 5.34. The smallest absolute Gasteiger partial charge is 0.256 e. The zero-order valence-electron chi connectivity index (χ0n) is 10.5. The lowest BCUT2D eigenvalue weighted by atomic mass is 10.2. The molecule has 0 radical (unpaired) electrons. The third kappa shape index (κ3) is 3.21. The Morgan fingerprint density at radius 3 is 2.70 bits per heavy atom. The van der Waals surface area contributed by atoms with Crippen LogP contribution in [0.1, 0.15) is 5.56 Å². The third-order valence-electron chi connectivity index (χ3n) is 2.70. The fourth-order valence-electron chi connectivity index (χ4n) is 1.70. The predicted molar refractivity (Wildman–Crippen MR) is 80.7 cm³/mol. The number of aromatic nitrogens is 2. The van der Waals surface area contributed by atoms with Crippen LogP contribution in [-0.2, 0) is 5.75 Å². The van der Waals surface area contributed by atoms with Gasteiger partial charge in [0.25, 0.3) is 5.22 Å². The van der Waals surface area contributed by atoms with Gasteiger partial charge < -0.3 is 4.42 Å². The molecule has 3 nitrogen and oxygen atoms in total. The van der Waals surface area contributed by atoms with E-state index in [1.54, 1.807) is 24.2 Å². The van der Waals surface area contributed by atoms with Crippen LogP contribution >= 0.6 is 23.4 Å².